The number of amides is 1. The van der Waals surface area contributed by atoms with Crippen LogP contribution in [0.15, 0.2) is 12.3 Å². The van der Waals surface area contributed by atoms with Crippen molar-refractivity contribution in [2.24, 2.45) is 5.92 Å². The van der Waals surface area contributed by atoms with E-state index < -0.39 is 6.23 Å². The topological polar surface area (TPSA) is 72.9 Å². The van der Waals surface area contributed by atoms with E-state index in [1.807, 2.05) is 6.92 Å². The van der Waals surface area contributed by atoms with E-state index in [9.17, 15) is 14.2 Å². The molecule has 1 saturated heterocycles. The van der Waals surface area contributed by atoms with Gasteiger partial charge in [0.05, 0.1) is 12.7 Å². The molecule has 0 unspecified atom stereocenters. The lowest BCUT2D eigenvalue weighted by Gasteiger charge is -2.26. The van der Waals surface area contributed by atoms with Crippen LogP contribution >= 0.6 is 8.69 Å². The van der Waals surface area contributed by atoms with E-state index in [-0.39, 0.29) is 39.0 Å². The molecule has 3 atom stereocenters. The van der Waals surface area contributed by atoms with Crippen LogP contribution in [0.1, 0.15) is 27.2 Å². The van der Waals surface area contributed by atoms with Crippen molar-refractivity contribution in [1.29, 1.82) is 0 Å². The summed E-state index contributed by atoms with van der Waals surface area (Å²) < 4.78 is 20.7. The van der Waals surface area contributed by atoms with E-state index in [2.05, 4.69) is 0 Å². The van der Waals surface area contributed by atoms with Gasteiger partial charge >= 0.3 is 8.69 Å². The highest BCUT2D eigenvalue weighted by Crippen LogP contribution is 2.29. The molecule has 1 fully saturated rings. The van der Waals surface area contributed by atoms with Crippen molar-refractivity contribution in [2.45, 2.75) is 39.5 Å². The highest BCUT2D eigenvalue weighted by Gasteiger charge is 2.36. The maximum Gasteiger partial charge on any atom is 0.327 e. The molecule has 0 aliphatic carbocycles. The number of allylic oxidation sites excluding steroid dienone is 1. The average Bonchev–Trinajstić information content (AvgIpc) is 2.67. The maximum atomic E-state index is 11.6. The van der Waals surface area contributed by atoms with Gasteiger partial charge in [0, 0.05) is 19.0 Å². The van der Waals surface area contributed by atoms with Gasteiger partial charge < -0.3 is 4.74 Å². The van der Waals surface area contributed by atoms with Crippen LogP contribution < -0.4 is 0 Å². The fourth-order valence-corrected chi connectivity index (χ4v) is 2.26. The smallest absolute Gasteiger partial charge is 0.327 e. The summed E-state index contributed by atoms with van der Waals surface area (Å²) in [6, 6.07) is 0. The summed E-state index contributed by atoms with van der Waals surface area (Å²) in [6.07, 6.45) is 2.86. The molecule has 1 rings (SSSR count). The second kappa shape index (κ2) is 7.48. The molecule has 19 heavy (non-hydrogen) atoms. The number of carbonyl (C=O) groups excluding carboxylic acids is 2. The van der Waals surface area contributed by atoms with E-state index in [1.54, 1.807) is 0 Å². The van der Waals surface area contributed by atoms with Gasteiger partial charge in [0.15, 0.2) is 5.78 Å². The van der Waals surface area contributed by atoms with Gasteiger partial charge in [-0.2, -0.15) is 0 Å². The Morgan fingerprint density at radius 3 is 2.68 bits per heavy atom. The molecular formula is C12H18NO5P. The van der Waals surface area contributed by atoms with Gasteiger partial charge in [-0.05, 0) is 19.4 Å². The minimum absolute atomic E-state index is 0.109. The number of hydrogen-bond donors (Lipinski definition) is 0. The zero-order chi connectivity index (χ0) is 14.4. The summed E-state index contributed by atoms with van der Waals surface area (Å²) in [4.78, 5) is 24.0. The van der Waals surface area contributed by atoms with Crippen LogP contribution in [0.3, 0.4) is 0 Å². The quantitative estimate of drug-likeness (QED) is 0.551. The van der Waals surface area contributed by atoms with Gasteiger partial charge in [0.25, 0.3) is 0 Å². The lowest BCUT2D eigenvalue weighted by molar-refractivity contribution is -0.139. The van der Waals surface area contributed by atoms with Gasteiger partial charge in [0.2, 0.25) is 5.91 Å². The Balaban J connectivity index is 2.71. The molecule has 0 radical (unpaired) electrons. The molecule has 0 bridgehead atoms. The fraction of sp³-hybridized carbons (Fsp3) is 0.667. The lowest BCUT2D eigenvalue weighted by atomic mass is 10.1. The molecule has 6 nitrogen and oxygen atoms in total. The molecule has 0 saturated carbocycles. The maximum absolute atomic E-state index is 11.6. The highest BCUT2D eigenvalue weighted by molar-refractivity contribution is 7.17. The van der Waals surface area contributed by atoms with Crippen molar-refractivity contribution < 1.29 is 23.4 Å². The minimum Gasteiger partial charge on any atom is -0.352 e. The van der Waals surface area contributed by atoms with Crippen LogP contribution in [0.2, 0.25) is 0 Å². The largest absolute Gasteiger partial charge is 0.352 e. The van der Waals surface area contributed by atoms with E-state index in [0.717, 1.165) is 0 Å². The number of nitrogens with zero attached hydrogens (tertiary/aromatic N) is 1. The Bertz CT molecular complexity index is 384. The predicted molar refractivity (Wildman–Crippen MR) is 68.3 cm³/mol. The average molecular weight is 287 g/mol. The van der Waals surface area contributed by atoms with Gasteiger partial charge in [-0.15, -0.1) is 0 Å². The summed E-state index contributed by atoms with van der Waals surface area (Å²) in [6.45, 7) is 5.00. The monoisotopic (exact) mass is 287 g/mol. The summed E-state index contributed by atoms with van der Waals surface area (Å²) in [5.74, 6) is -0.225. The molecule has 106 valence electrons. The number of carbonyl (C=O) groups is 2. The second-order valence-corrected chi connectivity index (χ2v) is 4.99. The van der Waals surface area contributed by atoms with Crippen molar-refractivity contribution in [2.75, 3.05) is 6.61 Å². The molecule has 1 aliphatic heterocycles. The molecule has 1 amide bonds. The van der Waals surface area contributed by atoms with Crippen molar-refractivity contribution in [3.05, 3.63) is 12.3 Å². The van der Waals surface area contributed by atoms with Crippen LogP contribution in [0, 0.1) is 5.92 Å². The van der Waals surface area contributed by atoms with Crippen molar-refractivity contribution in [1.82, 2.24) is 4.90 Å². The first-order valence-electron chi connectivity index (χ1n) is 6.03. The molecule has 0 spiro atoms. The molecule has 1 heterocycles. The fourth-order valence-electron chi connectivity index (χ4n) is 2.03. The number of ketones is 1. The summed E-state index contributed by atoms with van der Waals surface area (Å²) >= 11 is 0. The molecular weight excluding hydrogens is 269 g/mol. The molecule has 1 aliphatic rings. The van der Waals surface area contributed by atoms with Crippen LogP contribution in [-0.4, -0.2) is 35.5 Å². The third kappa shape index (κ3) is 4.82. The predicted octanol–water partition coefficient (Wildman–Crippen LogP) is 1.91. The normalized spacial score (nSPS) is 27.0. The zero-order valence-corrected chi connectivity index (χ0v) is 12.1. The zero-order valence-electron chi connectivity index (χ0n) is 11.2. The Morgan fingerprint density at radius 2 is 2.16 bits per heavy atom. The van der Waals surface area contributed by atoms with Gasteiger partial charge in [-0.25, -0.2) is 4.57 Å². The third-order valence-corrected chi connectivity index (χ3v) is 3.13. The van der Waals surface area contributed by atoms with Crippen LogP contribution in [-0.2, 0) is 23.4 Å². The first-order chi connectivity index (χ1) is 8.95. The van der Waals surface area contributed by atoms with Crippen LogP contribution in [0.4, 0.5) is 0 Å². The standard InChI is InChI=1S/C12H18NO5P/c1-8-6-11(7-17-19-16)18-12(8)13(10(3)15)5-4-9(2)14/h4-5,8,11-12H,6-7H2,1-3H3/b5-4-/t8-,11-,12+/m0/s1. The number of rotatable bonds is 6. The van der Waals surface area contributed by atoms with Gasteiger partial charge in [-0.1, -0.05) is 6.92 Å². The van der Waals surface area contributed by atoms with Gasteiger partial charge in [-0.3, -0.25) is 19.0 Å². The highest BCUT2D eigenvalue weighted by atomic mass is 31.1. The van der Waals surface area contributed by atoms with E-state index in [4.69, 9.17) is 9.26 Å². The van der Waals surface area contributed by atoms with Crippen molar-refractivity contribution in [3.63, 3.8) is 0 Å². The SMILES string of the molecule is CC(=O)/C=C\N(C(C)=O)[C@@H]1O[C@H](COP=O)C[C@@H]1C. The minimum atomic E-state index is -0.426. The van der Waals surface area contributed by atoms with Crippen molar-refractivity contribution >= 4 is 20.4 Å². The van der Waals surface area contributed by atoms with Crippen LogP contribution in [0.25, 0.3) is 0 Å². The molecule has 0 N–H and O–H groups in total. The second-order valence-electron chi connectivity index (χ2n) is 4.58. The first kappa shape index (κ1) is 16.0. The summed E-state index contributed by atoms with van der Waals surface area (Å²) in [5.41, 5.74) is 0. The van der Waals surface area contributed by atoms with E-state index in [1.165, 1.54) is 31.0 Å². The van der Waals surface area contributed by atoms with Crippen molar-refractivity contribution in [3.8, 4) is 0 Å². The van der Waals surface area contributed by atoms with E-state index in [0.29, 0.717) is 6.42 Å². The first-order valence-corrected chi connectivity index (χ1v) is 6.76. The summed E-state index contributed by atoms with van der Waals surface area (Å²) in [7, 11) is -0.382. The summed E-state index contributed by atoms with van der Waals surface area (Å²) in [5, 5.41) is 0. The molecule has 0 aromatic heterocycles. The van der Waals surface area contributed by atoms with E-state index >= 15 is 0 Å². The number of hydrogen-bond acceptors (Lipinski definition) is 5. The lowest BCUT2D eigenvalue weighted by Crippen LogP contribution is -2.38. The molecule has 0 aromatic rings. The van der Waals surface area contributed by atoms with Crippen LogP contribution in [0.5, 0.6) is 0 Å². The van der Waals surface area contributed by atoms with Gasteiger partial charge in [0.1, 0.15) is 6.23 Å². The Hall–Kier alpha value is -1.10. The number of ether oxygens (including phenoxy) is 1. The molecule has 0 aromatic carbocycles. The third-order valence-electron chi connectivity index (χ3n) is 2.87. The Labute approximate surface area is 114 Å². The Kier molecular flexibility index (Phi) is 6.28. The Morgan fingerprint density at radius 1 is 1.47 bits per heavy atom. The molecule has 7 heteroatoms.